The first-order valence-corrected chi connectivity index (χ1v) is 17.5. The van der Waals surface area contributed by atoms with Gasteiger partial charge in [0.25, 0.3) is 0 Å². The molecular formula is C48H40N2O2. The van der Waals surface area contributed by atoms with Crippen LogP contribution < -0.4 is 9.80 Å². The summed E-state index contributed by atoms with van der Waals surface area (Å²) in [7, 11) is 0. The van der Waals surface area contributed by atoms with E-state index in [0.717, 1.165) is 45.0 Å². The van der Waals surface area contributed by atoms with E-state index >= 15 is 0 Å². The van der Waals surface area contributed by atoms with E-state index in [1.54, 1.807) is 0 Å². The first-order valence-electron chi connectivity index (χ1n) is 17.5. The van der Waals surface area contributed by atoms with Crippen LogP contribution in [0.5, 0.6) is 0 Å². The van der Waals surface area contributed by atoms with Gasteiger partial charge in [-0.1, -0.05) is 131 Å². The molecule has 0 aromatic heterocycles. The van der Waals surface area contributed by atoms with Gasteiger partial charge in [-0.2, -0.15) is 0 Å². The summed E-state index contributed by atoms with van der Waals surface area (Å²) >= 11 is 0. The minimum absolute atomic E-state index is 0.146. The third-order valence-corrected chi connectivity index (χ3v) is 9.33. The van der Waals surface area contributed by atoms with E-state index in [2.05, 4.69) is 135 Å². The van der Waals surface area contributed by atoms with Gasteiger partial charge in [-0.15, -0.1) is 0 Å². The van der Waals surface area contributed by atoms with Gasteiger partial charge < -0.3 is 9.80 Å². The van der Waals surface area contributed by atoms with Crippen LogP contribution in [0.15, 0.2) is 170 Å². The van der Waals surface area contributed by atoms with E-state index < -0.39 is 0 Å². The van der Waals surface area contributed by atoms with Crippen LogP contribution in [0.2, 0.25) is 0 Å². The van der Waals surface area contributed by atoms with E-state index in [-0.39, 0.29) is 11.6 Å². The Balaban J connectivity index is 1.59. The standard InChI is InChI=1S/C48H40N2O2/c1-33-15-23-39(24-16-33)49(40-25-17-34(2)18-26-40)45-31-44(48(52)38-13-9-6-10-14-38)46(32-43(45)47(51)37-11-7-5-8-12-37)50(41-27-19-35(3)20-28-41)42-29-21-36(4)22-30-42/h5-32H,1-4H3. The highest BCUT2D eigenvalue weighted by molar-refractivity contribution is 6.19. The number of nitrogens with zero attached hydrogens (tertiary/aromatic N) is 2. The lowest BCUT2D eigenvalue weighted by Crippen LogP contribution is -2.20. The second-order valence-corrected chi connectivity index (χ2v) is 13.3. The summed E-state index contributed by atoms with van der Waals surface area (Å²) in [4.78, 5) is 34.0. The first-order chi connectivity index (χ1) is 25.3. The molecule has 254 valence electrons. The topological polar surface area (TPSA) is 40.6 Å². The lowest BCUT2D eigenvalue weighted by molar-refractivity contribution is 0.102. The summed E-state index contributed by atoms with van der Waals surface area (Å²) in [6.45, 7) is 8.22. The zero-order valence-electron chi connectivity index (χ0n) is 29.9. The molecule has 0 N–H and O–H groups in total. The van der Waals surface area contributed by atoms with Crippen molar-refractivity contribution >= 4 is 45.7 Å². The largest absolute Gasteiger partial charge is 0.310 e. The van der Waals surface area contributed by atoms with Gasteiger partial charge in [0.1, 0.15) is 0 Å². The van der Waals surface area contributed by atoms with Crippen molar-refractivity contribution in [3.63, 3.8) is 0 Å². The van der Waals surface area contributed by atoms with Crippen LogP contribution in [-0.2, 0) is 0 Å². The van der Waals surface area contributed by atoms with E-state index in [9.17, 15) is 9.59 Å². The van der Waals surface area contributed by atoms with Crippen LogP contribution in [0.25, 0.3) is 0 Å². The Morgan fingerprint density at radius 1 is 0.346 bits per heavy atom. The van der Waals surface area contributed by atoms with E-state index in [0.29, 0.717) is 33.6 Å². The maximum Gasteiger partial charge on any atom is 0.195 e. The average molecular weight is 677 g/mol. The molecule has 0 fully saturated rings. The second kappa shape index (κ2) is 14.8. The lowest BCUT2D eigenvalue weighted by atomic mass is 9.92. The molecule has 0 unspecified atom stereocenters. The number of ketones is 2. The van der Waals surface area contributed by atoms with Gasteiger partial charge in [0.05, 0.1) is 11.4 Å². The quantitative estimate of drug-likeness (QED) is 0.135. The van der Waals surface area contributed by atoms with Crippen molar-refractivity contribution in [2.45, 2.75) is 27.7 Å². The number of carbonyl (C=O) groups excluding carboxylic acids is 2. The molecule has 0 bridgehead atoms. The Morgan fingerprint density at radius 2 is 0.596 bits per heavy atom. The summed E-state index contributed by atoms with van der Waals surface area (Å²) in [6.07, 6.45) is 0. The summed E-state index contributed by atoms with van der Waals surface area (Å²) in [5.41, 5.74) is 11.2. The van der Waals surface area contributed by atoms with Gasteiger partial charge >= 0.3 is 0 Å². The summed E-state index contributed by atoms with van der Waals surface area (Å²) in [5.74, 6) is -0.292. The monoisotopic (exact) mass is 676 g/mol. The molecule has 0 aliphatic rings. The van der Waals surface area contributed by atoms with Crippen molar-refractivity contribution in [3.8, 4) is 0 Å². The van der Waals surface area contributed by atoms with Crippen molar-refractivity contribution in [2.75, 3.05) is 9.80 Å². The first kappa shape index (κ1) is 34.0. The smallest absolute Gasteiger partial charge is 0.195 e. The van der Waals surface area contributed by atoms with Crippen molar-refractivity contribution in [1.82, 2.24) is 0 Å². The van der Waals surface area contributed by atoms with Crippen molar-refractivity contribution in [1.29, 1.82) is 0 Å². The number of rotatable bonds is 10. The number of anilines is 6. The average Bonchev–Trinajstić information content (AvgIpc) is 3.18. The van der Waals surface area contributed by atoms with E-state index in [1.807, 2.05) is 72.8 Å². The molecule has 0 heterocycles. The molecule has 7 rings (SSSR count). The van der Waals surface area contributed by atoms with Crippen LogP contribution in [0.4, 0.5) is 34.1 Å². The summed E-state index contributed by atoms with van der Waals surface area (Å²) in [6, 6.07) is 55.5. The Bertz CT molecular complexity index is 2070. The number of hydrogen-bond acceptors (Lipinski definition) is 4. The van der Waals surface area contributed by atoms with Gasteiger partial charge in [0.15, 0.2) is 11.6 Å². The summed E-state index contributed by atoms with van der Waals surface area (Å²) in [5, 5.41) is 0. The molecule has 0 aliphatic heterocycles. The molecular weight excluding hydrogens is 637 g/mol. The van der Waals surface area contributed by atoms with Crippen LogP contribution in [0.1, 0.15) is 54.1 Å². The highest BCUT2D eigenvalue weighted by atomic mass is 16.1. The number of benzene rings is 7. The van der Waals surface area contributed by atoms with Crippen LogP contribution in [0, 0.1) is 27.7 Å². The molecule has 4 heteroatoms. The van der Waals surface area contributed by atoms with Crippen molar-refractivity contribution < 1.29 is 9.59 Å². The molecule has 0 spiro atoms. The molecule has 7 aromatic carbocycles. The third-order valence-electron chi connectivity index (χ3n) is 9.33. The molecule has 0 saturated carbocycles. The maximum atomic E-state index is 14.9. The number of hydrogen-bond donors (Lipinski definition) is 0. The molecule has 0 aliphatic carbocycles. The van der Waals surface area contributed by atoms with Gasteiger partial charge in [0.2, 0.25) is 0 Å². The van der Waals surface area contributed by atoms with Crippen molar-refractivity contribution in [2.24, 2.45) is 0 Å². The Morgan fingerprint density at radius 3 is 0.846 bits per heavy atom. The maximum absolute atomic E-state index is 14.9. The van der Waals surface area contributed by atoms with Gasteiger partial charge in [-0.25, -0.2) is 0 Å². The molecule has 4 nitrogen and oxygen atoms in total. The normalized spacial score (nSPS) is 10.8. The fraction of sp³-hybridized carbons (Fsp3) is 0.0833. The van der Waals surface area contributed by atoms with Crippen molar-refractivity contribution in [3.05, 3.63) is 214 Å². The van der Waals surface area contributed by atoms with Crippen LogP contribution >= 0.6 is 0 Å². The Labute approximate surface area is 306 Å². The third kappa shape index (κ3) is 7.05. The minimum Gasteiger partial charge on any atom is -0.310 e. The second-order valence-electron chi connectivity index (χ2n) is 13.3. The minimum atomic E-state index is -0.146. The van der Waals surface area contributed by atoms with Gasteiger partial charge in [-0.3, -0.25) is 9.59 Å². The Kier molecular flexibility index (Phi) is 9.64. The predicted molar refractivity (Wildman–Crippen MR) is 215 cm³/mol. The van der Waals surface area contributed by atoms with Gasteiger partial charge in [-0.05, 0) is 88.4 Å². The molecule has 7 aromatic rings. The van der Waals surface area contributed by atoms with E-state index in [4.69, 9.17) is 0 Å². The molecule has 0 radical (unpaired) electrons. The number of carbonyl (C=O) groups is 2. The predicted octanol–water partition coefficient (Wildman–Crippen LogP) is 12.3. The van der Waals surface area contributed by atoms with Crippen LogP contribution in [-0.4, -0.2) is 11.6 Å². The molecule has 52 heavy (non-hydrogen) atoms. The molecule has 0 atom stereocenters. The van der Waals surface area contributed by atoms with Crippen LogP contribution in [0.3, 0.4) is 0 Å². The molecule has 0 saturated heterocycles. The SMILES string of the molecule is Cc1ccc(N(c2ccc(C)cc2)c2cc(C(=O)c3ccccc3)c(N(c3ccc(C)cc3)c3ccc(C)cc3)cc2C(=O)c2ccccc2)cc1. The summed E-state index contributed by atoms with van der Waals surface area (Å²) < 4.78 is 0. The fourth-order valence-electron chi connectivity index (χ4n) is 6.43. The highest BCUT2D eigenvalue weighted by Crippen LogP contribution is 2.45. The fourth-order valence-corrected chi connectivity index (χ4v) is 6.43. The Hall–Kier alpha value is -6.52. The molecule has 0 amide bonds. The van der Waals surface area contributed by atoms with Gasteiger partial charge in [0, 0.05) is 45.0 Å². The zero-order chi connectivity index (χ0) is 36.2. The highest BCUT2D eigenvalue weighted by Gasteiger charge is 2.29. The van der Waals surface area contributed by atoms with E-state index in [1.165, 1.54) is 0 Å². The number of aryl methyl sites for hydroxylation is 4. The lowest BCUT2D eigenvalue weighted by Gasteiger charge is -2.32. The zero-order valence-corrected chi connectivity index (χ0v) is 29.9.